The summed E-state index contributed by atoms with van der Waals surface area (Å²) in [6.45, 7) is 1.01. The van der Waals surface area contributed by atoms with E-state index in [1.807, 2.05) is 12.1 Å². The average Bonchev–Trinajstić information content (AvgIpc) is 3.62. The highest BCUT2D eigenvalue weighted by Crippen LogP contribution is 2.32. The van der Waals surface area contributed by atoms with Crippen LogP contribution in [0.4, 0.5) is 15.9 Å². The molecule has 0 aliphatic carbocycles. The lowest BCUT2D eigenvalue weighted by Crippen LogP contribution is -2.18. The molecule has 3 aromatic heterocycles. The summed E-state index contributed by atoms with van der Waals surface area (Å²) in [5, 5.41) is 7.42. The second kappa shape index (κ2) is 9.02. The van der Waals surface area contributed by atoms with Crippen LogP contribution in [0, 0.1) is 17.7 Å². The fraction of sp³-hybridized carbons (Fsp3) is 0.154. The molecule has 1 atom stereocenters. The Hall–Kier alpha value is -3.78. The van der Waals surface area contributed by atoms with Crippen LogP contribution < -0.4 is 10.6 Å². The van der Waals surface area contributed by atoms with Crippen LogP contribution in [-0.2, 0) is 10.0 Å². The molecule has 4 heterocycles. The van der Waals surface area contributed by atoms with Gasteiger partial charge in [0, 0.05) is 17.3 Å². The second-order valence-electron chi connectivity index (χ2n) is 8.44. The molecule has 180 valence electrons. The Kier molecular flexibility index (Phi) is 5.68. The van der Waals surface area contributed by atoms with Crippen molar-refractivity contribution in [1.82, 2.24) is 19.3 Å². The van der Waals surface area contributed by atoms with Gasteiger partial charge in [0.25, 0.3) is 10.0 Å². The van der Waals surface area contributed by atoms with Crippen molar-refractivity contribution in [2.45, 2.75) is 23.8 Å². The minimum Gasteiger partial charge on any atom is -0.339 e. The Morgan fingerprint density at radius 3 is 2.89 bits per heavy atom. The molecule has 1 fully saturated rings. The van der Waals surface area contributed by atoms with Gasteiger partial charge in [-0.05, 0) is 67.9 Å². The topological polar surface area (TPSA) is 88.9 Å². The molecule has 0 bridgehead atoms. The predicted octanol–water partition coefficient (Wildman–Crippen LogP) is 4.87. The molecule has 1 saturated heterocycles. The molecule has 0 spiro atoms. The van der Waals surface area contributed by atoms with Crippen molar-refractivity contribution in [1.29, 1.82) is 0 Å². The highest BCUT2D eigenvalue weighted by atomic mass is 32.2. The van der Waals surface area contributed by atoms with Crippen molar-refractivity contribution in [3.8, 4) is 11.8 Å². The number of halogens is 1. The van der Waals surface area contributed by atoms with Gasteiger partial charge in [-0.1, -0.05) is 17.9 Å². The van der Waals surface area contributed by atoms with E-state index < -0.39 is 15.8 Å². The number of nitrogens with zero attached hydrogens (tertiary/aromatic N) is 3. The normalized spacial score (nSPS) is 15.8. The van der Waals surface area contributed by atoms with Crippen molar-refractivity contribution >= 4 is 54.0 Å². The van der Waals surface area contributed by atoms with Crippen LogP contribution in [0.1, 0.15) is 17.7 Å². The lowest BCUT2D eigenvalue weighted by atomic mass is 10.2. The van der Waals surface area contributed by atoms with Gasteiger partial charge in [0.15, 0.2) is 5.82 Å². The molecule has 1 aliphatic heterocycles. The number of benzene rings is 2. The molecule has 0 saturated carbocycles. The summed E-state index contributed by atoms with van der Waals surface area (Å²) in [5.41, 5.74) is 2.06. The van der Waals surface area contributed by atoms with Crippen LogP contribution in [0.5, 0.6) is 0 Å². The fourth-order valence-electron chi connectivity index (χ4n) is 4.25. The van der Waals surface area contributed by atoms with Crippen LogP contribution in [0.3, 0.4) is 0 Å². The lowest BCUT2D eigenvalue weighted by Gasteiger charge is -2.09. The largest absolute Gasteiger partial charge is 0.339 e. The van der Waals surface area contributed by atoms with Gasteiger partial charge in [-0.2, -0.15) is 0 Å². The van der Waals surface area contributed by atoms with Crippen molar-refractivity contribution in [3.05, 3.63) is 77.8 Å². The summed E-state index contributed by atoms with van der Waals surface area (Å²) >= 11 is 1.53. The van der Waals surface area contributed by atoms with Crippen LogP contribution in [0.15, 0.2) is 72.0 Å². The van der Waals surface area contributed by atoms with Gasteiger partial charge >= 0.3 is 0 Å². The molecule has 2 N–H and O–H groups in total. The standard InChI is InChI=1S/C26H20FN5O2S2/c27-18-3-1-5-22(14-18)36(33,34)32-12-10-17-13-20(7-9-24(17)32)31-26-25-23(29-16-30-26)15-21(35-25)8-6-19-4-2-11-28-19/h1,3,5,7,9-10,12-16,19,28H,2,4,11H2,(H,29,30,31). The number of hydrogen-bond donors (Lipinski definition) is 2. The molecule has 36 heavy (non-hydrogen) atoms. The van der Waals surface area contributed by atoms with E-state index in [4.69, 9.17) is 0 Å². The number of hydrogen-bond acceptors (Lipinski definition) is 7. The van der Waals surface area contributed by atoms with Crippen LogP contribution >= 0.6 is 11.3 Å². The van der Waals surface area contributed by atoms with Crippen molar-refractivity contribution in [2.24, 2.45) is 0 Å². The molecule has 1 unspecified atom stereocenters. The zero-order valence-electron chi connectivity index (χ0n) is 18.9. The Morgan fingerprint density at radius 2 is 2.06 bits per heavy atom. The number of rotatable bonds is 4. The monoisotopic (exact) mass is 517 g/mol. The van der Waals surface area contributed by atoms with E-state index in [1.165, 1.54) is 42.1 Å². The summed E-state index contributed by atoms with van der Waals surface area (Å²) in [6, 6.07) is 14.3. The second-order valence-corrected chi connectivity index (χ2v) is 11.3. The van der Waals surface area contributed by atoms with Gasteiger partial charge in [0.1, 0.15) is 12.1 Å². The minimum absolute atomic E-state index is 0.106. The molecule has 7 nitrogen and oxygen atoms in total. The van der Waals surface area contributed by atoms with E-state index in [1.54, 1.807) is 18.2 Å². The first kappa shape index (κ1) is 22.7. The zero-order valence-corrected chi connectivity index (χ0v) is 20.5. The number of thiophene rings is 1. The van der Waals surface area contributed by atoms with Crippen molar-refractivity contribution in [2.75, 3.05) is 11.9 Å². The first-order chi connectivity index (χ1) is 17.5. The molecule has 5 aromatic rings. The molecule has 1 aliphatic rings. The van der Waals surface area contributed by atoms with E-state index in [-0.39, 0.29) is 10.9 Å². The molecule has 10 heteroatoms. The molecule has 0 radical (unpaired) electrons. The Balaban J connectivity index is 1.30. The van der Waals surface area contributed by atoms with E-state index >= 15 is 0 Å². The van der Waals surface area contributed by atoms with Gasteiger partial charge in [-0.25, -0.2) is 26.7 Å². The zero-order chi connectivity index (χ0) is 24.7. The highest BCUT2D eigenvalue weighted by molar-refractivity contribution is 7.90. The van der Waals surface area contributed by atoms with Crippen molar-refractivity contribution < 1.29 is 12.8 Å². The number of nitrogens with one attached hydrogen (secondary N) is 2. The highest BCUT2D eigenvalue weighted by Gasteiger charge is 2.20. The first-order valence-electron chi connectivity index (χ1n) is 11.4. The Morgan fingerprint density at radius 1 is 1.14 bits per heavy atom. The molecule has 6 rings (SSSR count). The molecule has 2 aromatic carbocycles. The SMILES string of the molecule is O=S(=O)(c1cccc(F)c1)n1ccc2cc(Nc3ncnc4cc(C#CC5CCCN5)sc34)ccc21. The molecule has 0 amide bonds. The third kappa shape index (κ3) is 4.22. The van der Waals surface area contributed by atoms with Crippen LogP contribution in [-0.4, -0.2) is 34.9 Å². The summed E-state index contributed by atoms with van der Waals surface area (Å²) in [4.78, 5) is 9.62. The third-order valence-corrected chi connectivity index (χ3v) is 8.74. The van der Waals surface area contributed by atoms with Gasteiger partial charge in [0.05, 0.1) is 31.5 Å². The summed E-state index contributed by atoms with van der Waals surface area (Å²) in [6.07, 6.45) is 5.20. The summed E-state index contributed by atoms with van der Waals surface area (Å²) < 4.78 is 41.8. The lowest BCUT2D eigenvalue weighted by molar-refractivity contribution is 0.584. The predicted molar refractivity (Wildman–Crippen MR) is 140 cm³/mol. The van der Waals surface area contributed by atoms with Gasteiger partial charge in [0.2, 0.25) is 0 Å². The Labute approximate surface area is 211 Å². The van der Waals surface area contributed by atoms with Crippen molar-refractivity contribution in [3.63, 3.8) is 0 Å². The maximum absolute atomic E-state index is 13.6. The quantitative estimate of drug-likeness (QED) is 0.331. The van der Waals surface area contributed by atoms with E-state index in [2.05, 4.69) is 32.4 Å². The first-order valence-corrected chi connectivity index (χ1v) is 13.6. The fourth-order valence-corrected chi connectivity index (χ4v) is 6.56. The smallest absolute Gasteiger partial charge is 0.268 e. The summed E-state index contributed by atoms with van der Waals surface area (Å²) in [7, 11) is -3.93. The van der Waals surface area contributed by atoms with E-state index in [0.717, 1.165) is 50.2 Å². The van der Waals surface area contributed by atoms with Gasteiger partial charge in [-0.15, -0.1) is 11.3 Å². The maximum Gasteiger partial charge on any atom is 0.268 e. The Bertz CT molecular complexity index is 1780. The number of aromatic nitrogens is 3. The molecular formula is C26H20FN5O2S2. The van der Waals surface area contributed by atoms with Crippen LogP contribution in [0.25, 0.3) is 21.1 Å². The molecular weight excluding hydrogens is 497 g/mol. The maximum atomic E-state index is 13.6. The number of fused-ring (bicyclic) bond motifs is 2. The third-order valence-electron chi connectivity index (χ3n) is 6.01. The van der Waals surface area contributed by atoms with Gasteiger partial charge < -0.3 is 10.6 Å². The van der Waals surface area contributed by atoms with E-state index in [9.17, 15) is 12.8 Å². The average molecular weight is 518 g/mol. The number of anilines is 2. The minimum atomic E-state index is -3.93. The van der Waals surface area contributed by atoms with E-state index in [0.29, 0.717) is 16.7 Å². The van der Waals surface area contributed by atoms with Crippen LogP contribution in [0.2, 0.25) is 0 Å². The summed E-state index contributed by atoms with van der Waals surface area (Å²) in [5.74, 6) is 6.59. The van der Waals surface area contributed by atoms with Gasteiger partial charge in [-0.3, -0.25) is 0 Å².